The van der Waals surface area contributed by atoms with Gasteiger partial charge in [0, 0.05) is 12.1 Å². The van der Waals surface area contributed by atoms with Crippen LogP contribution in [-0.4, -0.2) is 23.6 Å². The summed E-state index contributed by atoms with van der Waals surface area (Å²) < 4.78 is 5.57. The summed E-state index contributed by atoms with van der Waals surface area (Å²) in [5.41, 5.74) is 3.55. The largest absolute Gasteiger partial charge is 0.483 e. The summed E-state index contributed by atoms with van der Waals surface area (Å²) in [5, 5.41) is 11.5. The predicted molar refractivity (Wildman–Crippen MR) is 92.4 cm³/mol. The van der Waals surface area contributed by atoms with E-state index < -0.39 is 5.97 Å². The molecule has 1 amide bonds. The molecule has 0 atom stereocenters. The molecule has 0 aromatic heterocycles. The number of carbonyl (C=O) groups excluding carboxylic acids is 1. The Morgan fingerprint density at radius 2 is 1.92 bits per heavy atom. The van der Waals surface area contributed by atoms with Crippen LogP contribution >= 0.6 is 0 Å². The number of carboxylic acids is 1. The van der Waals surface area contributed by atoms with Gasteiger partial charge in [-0.2, -0.15) is 0 Å². The first-order valence-electron chi connectivity index (χ1n) is 7.74. The standard InChI is InChI=1S/C19H21NO4/c1-13-6-7-14(2)17(10-13)24-12-18(21)20-16-5-3-4-15(11-16)8-9-19(22)23/h3-7,10-11H,8-9,12H2,1-2H3,(H,20,21)(H,22,23). The van der Waals surface area contributed by atoms with E-state index in [1.807, 2.05) is 38.1 Å². The molecule has 2 N–H and O–H groups in total. The van der Waals surface area contributed by atoms with Crippen LogP contribution in [-0.2, 0) is 16.0 Å². The second-order valence-electron chi connectivity index (χ2n) is 5.70. The average Bonchev–Trinajstić information content (AvgIpc) is 2.54. The summed E-state index contributed by atoms with van der Waals surface area (Å²) in [7, 11) is 0. The Kier molecular flexibility index (Phi) is 5.95. The number of aliphatic carboxylic acids is 1. The zero-order valence-electron chi connectivity index (χ0n) is 13.8. The third-order valence-corrected chi connectivity index (χ3v) is 3.54. The molecule has 0 unspecified atom stereocenters. The van der Waals surface area contributed by atoms with Crippen molar-refractivity contribution in [3.05, 3.63) is 59.2 Å². The predicted octanol–water partition coefficient (Wildman–Crippen LogP) is 3.34. The van der Waals surface area contributed by atoms with Gasteiger partial charge in [0.15, 0.2) is 6.61 Å². The summed E-state index contributed by atoms with van der Waals surface area (Å²) >= 11 is 0. The van der Waals surface area contributed by atoms with Crippen LogP contribution in [0.2, 0.25) is 0 Å². The number of carbonyl (C=O) groups is 2. The van der Waals surface area contributed by atoms with E-state index in [4.69, 9.17) is 9.84 Å². The van der Waals surface area contributed by atoms with Crippen molar-refractivity contribution in [2.75, 3.05) is 11.9 Å². The molecular weight excluding hydrogens is 306 g/mol. The second kappa shape index (κ2) is 8.15. The van der Waals surface area contributed by atoms with Gasteiger partial charge in [-0.05, 0) is 55.2 Å². The Balaban J connectivity index is 1.91. The van der Waals surface area contributed by atoms with Crippen LogP contribution in [0.4, 0.5) is 5.69 Å². The fourth-order valence-electron chi connectivity index (χ4n) is 2.26. The molecule has 0 saturated heterocycles. The highest BCUT2D eigenvalue weighted by Gasteiger charge is 2.07. The van der Waals surface area contributed by atoms with Crippen molar-refractivity contribution < 1.29 is 19.4 Å². The molecule has 0 aliphatic rings. The second-order valence-corrected chi connectivity index (χ2v) is 5.70. The minimum Gasteiger partial charge on any atom is -0.483 e. The number of carboxylic acid groups (broad SMARTS) is 1. The van der Waals surface area contributed by atoms with Gasteiger partial charge in [-0.25, -0.2) is 0 Å². The zero-order chi connectivity index (χ0) is 17.5. The number of anilines is 1. The highest BCUT2D eigenvalue weighted by Crippen LogP contribution is 2.19. The lowest BCUT2D eigenvalue weighted by atomic mass is 10.1. The van der Waals surface area contributed by atoms with Crippen LogP contribution in [0.1, 0.15) is 23.1 Å². The number of hydrogen-bond donors (Lipinski definition) is 2. The SMILES string of the molecule is Cc1ccc(C)c(OCC(=O)Nc2cccc(CCC(=O)O)c2)c1. The van der Waals surface area contributed by atoms with E-state index in [1.165, 1.54) is 0 Å². The molecule has 5 nitrogen and oxygen atoms in total. The number of rotatable bonds is 7. The zero-order valence-corrected chi connectivity index (χ0v) is 13.8. The van der Waals surface area contributed by atoms with E-state index in [0.29, 0.717) is 17.9 Å². The molecule has 0 radical (unpaired) electrons. The summed E-state index contributed by atoms with van der Waals surface area (Å²) in [5.74, 6) is -0.405. The van der Waals surface area contributed by atoms with Gasteiger partial charge in [0.2, 0.25) is 0 Å². The van der Waals surface area contributed by atoms with Crippen LogP contribution in [0.3, 0.4) is 0 Å². The number of nitrogens with one attached hydrogen (secondary N) is 1. The van der Waals surface area contributed by atoms with Crippen molar-refractivity contribution in [2.24, 2.45) is 0 Å². The number of hydrogen-bond acceptors (Lipinski definition) is 3. The van der Waals surface area contributed by atoms with E-state index in [0.717, 1.165) is 16.7 Å². The molecule has 0 spiro atoms. The van der Waals surface area contributed by atoms with Crippen LogP contribution in [0.15, 0.2) is 42.5 Å². The van der Waals surface area contributed by atoms with Crippen LogP contribution in [0.25, 0.3) is 0 Å². The molecule has 0 heterocycles. The Labute approximate surface area is 141 Å². The van der Waals surface area contributed by atoms with Crippen molar-refractivity contribution in [3.63, 3.8) is 0 Å². The lowest BCUT2D eigenvalue weighted by molar-refractivity contribution is -0.137. The number of amides is 1. The quantitative estimate of drug-likeness (QED) is 0.818. The summed E-state index contributed by atoms with van der Waals surface area (Å²) in [6, 6.07) is 13.0. The first kappa shape index (κ1) is 17.5. The van der Waals surface area contributed by atoms with Crippen molar-refractivity contribution in [1.82, 2.24) is 0 Å². The minimum absolute atomic E-state index is 0.0626. The van der Waals surface area contributed by atoms with Gasteiger partial charge >= 0.3 is 5.97 Å². The Morgan fingerprint density at radius 1 is 1.12 bits per heavy atom. The molecule has 2 rings (SSSR count). The van der Waals surface area contributed by atoms with Gasteiger partial charge in [-0.1, -0.05) is 24.3 Å². The monoisotopic (exact) mass is 327 g/mol. The fraction of sp³-hybridized carbons (Fsp3) is 0.263. The lowest BCUT2D eigenvalue weighted by Crippen LogP contribution is -2.20. The van der Waals surface area contributed by atoms with Crippen molar-refractivity contribution in [2.45, 2.75) is 26.7 Å². The van der Waals surface area contributed by atoms with Gasteiger partial charge in [-0.3, -0.25) is 9.59 Å². The van der Waals surface area contributed by atoms with Crippen LogP contribution in [0.5, 0.6) is 5.75 Å². The topological polar surface area (TPSA) is 75.6 Å². The highest BCUT2D eigenvalue weighted by molar-refractivity contribution is 5.92. The molecule has 5 heteroatoms. The maximum absolute atomic E-state index is 12.0. The van der Waals surface area contributed by atoms with E-state index in [-0.39, 0.29) is 18.9 Å². The first-order chi connectivity index (χ1) is 11.4. The van der Waals surface area contributed by atoms with Gasteiger partial charge in [-0.15, -0.1) is 0 Å². The van der Waals surface area contributed by atoms with Gasteiger partial charge < -0.3 is 15.2 Å². The van der Waals surface area contributed by atoms with Crippen molar-refractivity contribution in [1.29, 1.82) is 0 Å². The van der Waals surface area contributed by atoms with E-state index >= 15 is 0 Å². The Hall–Kier alpha value is -2.82. The maximum atomic E-state index is 12.0. The number of benzene rings is 2. The normalized spacial score (nSPS) is 10.2. The van der Waals surface area contributed by atoms with Crippen molar-refractivity contribution >= 4 is 17.6 Å². The highest BCUT2D eigenvalue weighted by atomic mass is 16.5. The minimum atomic E-state index is -0.841. The molecule has 0 bridgehead atoms. The van der Waals surface area contributed by atoms with Gasteiger partial charge in [0.05, 0.1) is 0 Å². The summed E-state index contributed by atoms with van der Waals surface area (Å²) in [4.78, 5) is 22.6. The van der Waals surface area contributed by atoms with Gasteiger partial charge in [0.25, 0.3) is 5.91 Å². The molecule has 0 aliphatic heterocycles. The summed E-state index contributed by atoms with van der Waals surface area (Å²) in [6.45, 7) is 3.82. The molecule has 0 aliphatic carbocycles. The van der Waals surface area contributed by atoms with E-state index in [1.54, 1.807) is 18.2 Å². The van der Waals surface area contributed by atoms with Crippen molar-refractivity contribution in [3.8, 4) is 5.75 Å². The molecule has 0 fully saturated rings. The van der Waals surface area contributed by atoms with E-state index in [2.05, 4.69) is 5.32 Å². The molecule has 0 saturated carbocycles. The molecule has 2 aromatic rings. The summed E-state index contributed by atoms with van der Waals surface area (Å²) in [6.07, 6.45) is 0.491. The third kappa shape index (κ3) is 5.43. The lowest BCUT2D eigenvalue weighted by Gasteiger charge is -2.11. The fourth-order valence-corrected chi connectivity index (χ4v) is 2.26. The molecular formula is C19H21NO4. The smallest absolute Gasteiger partial charge is 0.303 e. The van der Waals surface area contributed by atoms with E-state index in [9.17, 15) is 9.59 Å². The maximum Gasteiger partial charge on any atom is 0.303 e. The third-order valence-electron chi connectivity index (χ3n) is 3.54. The Bertz CT molecular complexity index is 740. The molecule has 24 heavy (non-hydrogen) atoms. The van der Waals surface area contributed by atoms with Crippen LogP contribution < -0.4 is 10.1 Å². The first-order valence-corrected chi connectivity index (χ1v) is 7.74. The number of aryl methyl sites for hydroxylation is 3. The molecule has 2 aromatic carbocycles. The Morgan fingerprint density at radius 3 is 2.67 bits per heavy atom. The average molecular weight is 327 g/mol. The van der Waals surface area contributed by atoms with Gasteiger partial charge in [0.1, 0.15) is 5.75 Å². The molecule has 126 valence electrons. The number of ether oxygens (including phenoxy) is 1. The van der Waals surface area contributed by atoms with Crippen LogP contribution in [0, 0.1) is 13.8 Å².